The molecule has 1 saturated carbocycles. The molecule has 3 nitrogen and oxygen atoms in total. The van der Waals surface area contributed by atoms with E-state index in [1.165, 1.54) is 104 Å². The highest BCUT2D eigenvalue weighted by Gasteiger charge is 2.45. The molecule has 0 aromatic heterocycles. The number of piperazine rings is 1. The molecule has 3 fully saturated rings. The first-order chi connectivity index (χ1) is 12.2. The van der Waals surface area contributed by atoms with Crippen LogP contribution in [0, 0.1) is 5.41 Å². The molecule has 1 aliphatic carbocycles. The fourth-order valence-corrected chi connectivity index (χ4v) is 5.24. The molecule has 2 aliphatic heterocycles. The summed E-state index contributed by atoms with van der Waals surface area (Å²) < 4.78 is 0. The van der Waals surface area contributed by atoms with Crippen molar-refractivity contribution in [1.82, 2.24) is 14.7 Å². The lowest BCUT2D eigenvalue weighted by Gasteiger charge is -2.50. The maximum Gasteiger partial charge on any atom is 0.0351 e. The molecular weight excluding hydrogens is 306 g/mol. The molecule has 0 bridgehead atoms. The Labute approximate surface area is 157 Å². The van der Waals surface area contributed by atoms with Crippen LogP contribution in [0.15, 0.2) is 0 Å². The monoisotopic (exact) mass is 349 g/mol. The van der Waals surface area contributed by atoms with Gasteiger partial charge in [-0.15, -0.1) is 0 Å². The van der Waals surface area contributed by atoms with Crippen molar-refractivity contribution in [3.8, 4) is 0 Å². The summed E-state index contributed by atoms with van der Waals surface area (Å²) in [6.45, 7) is 16.3. The SMILES string of the molecule is CCCCC1(CN2CC(N3CCN(C(CCC)CCC)CC3)C2)CC1. The summed E-state index contributed by atoms with van der Waals surface area (Å²) in [6.07, 6.45) is 12.8. The molecule has 0 N–H and O–H groups in total. The van der Waals surface area contributed by atoms with Crippen LogP contribution in [0.1, 0.15) is 78.6 Å². The van der Waals surface area contributed by atoms with Crippen LogP contribution in [-0.2, 0) is 0 Å². The van der Waals surface area contributed by atoms with Crippen LogP contribution in [0.3, 0.4) is 0 Å². The molecule has 0 radical (unpaired) electrons. The zero-order chi connectivity index (χ0) is 17.7. The van der Waals surface area contributed by atoms with E-state index in [9.17, 15) is 0 Å². The zero-order valence-electron chi connectivity index (χ0n) is 17.3. The third kappa shape index (κ3) is 5.20. The van der Waals surface area contributed by atoms with E-state index in [2.05, 4.69) is 35.5 Å². The van der Waals surface area contributed by atoms with E-state index in [1.54, 1.807) is 0 Å². The summed E-state index contributed by atoms with van der Waals surface area (Å²) in [5.74, 6) is 0. The molecule has 0 atom stereocenters. The van der Waals surface area contributed by atoms with Crippen LogP contribution < -0.4 is 0 Å². The number of nitrogens with zero attached hydrogens (tertiary/aromatic N) is 3. The van der Waals surface area contributed by atoms with Crippen LogP contribution >= 0.6 is 0 Å². The first-order valence-corrected chi connectivity index (χ1v) is 11.4. The van der Waals surface area contributed by atoms with Crippen molar-refractivity contribution in [2.24, 2.45) is 5.41 Å². The highest BCUT2D eigenvalue weighted by molar-refractivity contribution is 5.00. The van der Waals surface area contributed by atoms with Gasteiger partial charge in [0.25, 0.3) is 0 Å². The molecule has 0 amide bonds. The third-order valence-electron chi connectivity index (χ3n) is 7.14. The summed E-state index contributed by atoms with van der Waals surface area (Å²) in [6, 6.07) is 1.71. The maximum atomic E-state index is 2.80. The van der Waals surface area contributed by atoms with Crippen molar-refractivity contribution in [2.75, 3.05) is 45.8 Å². The minimum absolute atomic E-state index is 0.743. The van der Waals surface area contributed by atoms with E-state index in [0.717, 1.165) is 17.5 Å². The number of likely N-dealkylation sites (tertiary alicyclic amines) is 1. The Bertz CT molecular complexity index is 373. The quantitative estimate of drug-likeness (QED) is 0.553. The summed E-state index contributed by atoms with van der Waals surface area (Å²) >= 11 is 0. The van der Waals surface area contributed by atoms with Crippen LogP contribution in [-0.4, -0.2) is 72.6 Å². The van der Waals surface area contributed by atoms with Crippen molar-refractivity contribution in [3.05, 3.63) is 0 Å². The van der Waals surface area contributed by atoms with Gasteiger partial charge in [-0.2, -0.15) is 0 Å². The Morgan fingerprint density at radius 2 is 1.52 bits per heavy atom. The van der Waals surface area contributed by atoms with Crippen LogP contribution in [0.25, 0.3) is 0 Å². The fourth-order valence-electron chi connectivity index (χ4n) is 5.24. The topological polar surface area (TPSA) is 9.72 Å². The summed E-state index contributed by atoms with van der Waals surface area (Å²) in [5, 5.41) is 0. The summed E-state index contributed by atoms with van der Waals surface area (Å²) in [7, 11) is 0. The van der Waals surface area contributed by atoms with E-state index in [0.29, 0.717) is 0 Å². The molecule has 3 rings (SSSR count). The predicted octanol–water partition coefficient (Wildman–Crippen LogP) is 4.23. The average molecular weight is 350 g/mol. The molecule has 2 saturated heterocycles. The zero-order valence-corrected chi connectivity index (χ0v) is 17.3. The van der Waals surface area contributed by atoms with Gasteiger partial charge in [-0.1, -0.05) is 46.5 Å². The van der Waals surface area contributed by atoms with Crippen molar-refractivity contribution < 1.29 is 0 Å². The normalized spacial score (nSPS) is 25.4. The van der Waals surface area contributed by atoms with Gasteiger partial charge in [-0.3, -0.25) is 14.7 Å². The van der Waals surface area contributed by atoms with Gasteiger partial charge in [0.2, 0.25) is 0 Å². The number of hydrogen-bond acceptors (Lipinski definition) is 3. The lowest BCUT2D eigenvalue weighted by atomic mass is 9.95. The molecule has 146 valence electrons. The van der Waals surface area contributed by atoms with Gasteiger partial charge < -0.3 is 0 Å². The molecule has 3 aliphatic rings. The fraction of sp³-hybridized carbons (Fsp3) is 1.00. The van der Waals surface area contributed by atoms with Gasteiger partial charge in [0.15, 0.2) is 0 Å². The molecule has 2 heterocycles. The van der Waals surface area contributed by atoms with Crippen molar-refractivity contribution in [3.63, 3.8) is 0 Å². The molecule has 0 aromatic carbocycles. The Kier molecular flexibility index (Phi) is 7.22. The lowest BCUT2D eigenvalue weighted by molar-refractivity contribution is -0.0135. The van der Waals surface area contributed by atoms with Gasteiger partial charge in [-0.05, 0) is 37.5 Å². The first kappa shape index (κ1) is 19.6. The Balaban J connectivity index is 1.35. The van der Waals surface area contributed by atoms with Crippen LogP contribution in [0.2, 0.25) is 0 Å². The van der Waals surface area contributed by atoms with E-state index in [1.807, 2.05) is 0 Å². The van der Waals surface area contributed by atoms with Gasteiger partial charge in [0.05, 0.1) is 0 Å². The molecule has 25 heavy (non-hydrogen) atoms. The number of rotatable bonds is 11. The minimum Gasteiger partial charge on any atom is -0.300 e. The standard InChI is InChI=1S/C22H43N3/c1-4-7-10-22(11-12-22)19-23-17-21(18-23)25-15-13-24(14-16-25)20(8-5-2)9-6-3/h20-21H,4-19H2,1-3H3. The molecular formula is C22H43N3. The summed E-state index contributed by atoms with van der Waals surface area (Å²) in [4.78, 5) is 8.36. The Hall–Kier alpha value is -0.120. The largest absolute Gasteiger partial charge is 0.300 e. The van der Waals surface area contributed by atoms with Crippen molar-refractivity contribution in [2.45, 2.75) is 90.6 Å². The maximum absolute atomic E-state index is 2.80. The van der Waals surface area contributed by atoms with Crippen molar-refractivity contribution >= 4 is 0 Å². The summed E-state index contributed by atoms with van der Waals surface area (Å²) in [5.41, 5.74) is 0.743. The average Bonchev–Trinajstić information content (AvgIpc) is 3.36. The molecule has 0 unspecified atom stereocenters. The van der Waals surface area contributed by atoms with Crippen LogP contribution in [0.4, 0.5) is 0 Å². The Morgan fingerprint density at radius 1 is 0.880 bits per heavy atom. The highest BCUT2D eigenvalue weighted by Crippen LogP contribution is 2.51. The highest BCUT2D eigenvalue weighted by atomic mass is 15.4. The molecule has 0 spiro atoms. The number of hydrogen-bond donors (Lipinski definition) is 0. The van der Waals surface area contributed by atoms with Gasteiger partial charge in [-0.25, -0.2) is 0 Å². The number of unbranched alkanes of at least 4 members (excludes halogenated alkanes) is 1. The second kappa shape index (κ2) is 9.19. The van der Waals surface area contributed by atoms with Gasteiger partial charge in [0.1, 0.15) is 0 Å². The second-order valence-electron chi connectivity index (χ2n) is 9.25. The van der Waals surface area contributed by atoms with Crippen LogP contribution in [0.5, 0.6) is 0 Å². The lowest BCUT2D eigenvalue weighted by Crippen LogP contribution is -2.64. The predicted molar refractivity (Wildman–Crippen MR) is 108 cm³/mol. The van der Waals surface area contributed by atoms with E-state index < -0.39 is 0 Å². The third-order valence-corrected chi connectivity index (χ3v) is 7.14. The van der Waals surface area contributed by atoms with Gasteiger partial charge in [0, 0.05) is 57.9 Å². The van der Waals surface area contributed by atoms with E-state index >= 15 is 0 Å². The smallest absolute Gasteiger partial charge is 0.0351 e. The molecule has 0 aromatic rings. The second-order valence-corrected chi connectivity index (χ2v) is 9.25. The Morgan fingerprint density at radius 3 is 2.04 bits per heavy atom. The van der Waals surface area contributed by atoms with E-state index in [-0.39, 0.29) is 0 Å². The molecule has 3 heteroatoms. The minimum atomic E-state index is 0.743. The van der Waals surface area contributed by atoms with Crippen molar-refractivity contribution in [1.29, 1.82) is 0 Å². The van der Waals surface area contributed by atoms with E-state index in [4.69, 9.17) is 0 Å². The first-order valence-electron chi connectivity index (χ1n) is 11.4. The van der Waals surface area contributed by atoms with Gasteiger partial charge >= 0.3 is 0 Å².